The number of hydrogen-bond acceptors (Lipinski definition) is 5. The highest BCUT2D eigenvalue weighted by atomic mass is 19.3. The Morgan fingerprint density at radius 2 is 2.00 bits per heavy atom. The number of esters is 2. The zero-order valence-corrected chi connectivity index (χ0v) is 11.7. The van der Waals surface area contributed by atoms with Gasteiger partial charge in [0.2, 0.25) is 0 Å². The third kappa shape index (κ3) is 5.37. The molecule has 0 spiro atoms. The summed E-state index contributed by atoms with van der Waals surface area (Å²) in [6.45, 7) is -1.09. The molecule has 0 saturated heterocycles. The van der Waals surface area contributed by atoms with Gasteiger partial charge in [0, 0.05) is 6.42 Å². The second kappa shape index (κ2) is 8.18. The van der Waals surface area contributed by atoms with Crippen molar-refractivity contribution in [1.82, 2.24) is 0 Å². The zero-order chi connectivity index (χ0) is 15.8. The van der Waals surface area contributed by atoms with Crippen LogP contribution in [-0.4, -0.2) is 32.3 Å². The van der Waals surface area contributed by atoms with Gasteiger partial charge in [0.15, 0.2) is 0 Å². The lowest BCUT2D eigenvalue weighted by Gasteiger charge is -2.12. The van der Waals surface area contributed by atoms with Gasteiger partial charge in [-0.15, -0.1) is 0 Å². The molecule has 0 aliphatic heterocycles. The number of benzene rings is 1. The second-order valence-electron chi connectivity index (χ2n) is 4.00. The zero-order valence-electron chi connectivity index (χ0n) is 11.7. The van der Waals surface area contributed by atoms with Crippen molar-refractivity contribution in [2.45, 2.75) is 26.4 Å². The molecular weight excluding hydrogens is 286 g/mol. The number of rotatable bonds is 7. The summed E-state index contributed by atoms with van der Waals surface area (Å²) < 4.78 is 38.4. The average Bonchev–Trinajstić information content (AvgIpc) is 2.45. The third-order valence-corrected chi connectivity index (χ3v) is 2.60. The Labute approximate surface area is 120 Å². The molecule has 0 aromatic heterocycles. The molecule has 1 rings (SSSR count). The number of methoxy groups -OCH3 is 1. The van der Waals surface area contributed by atoms with E-state index in [-0.39, 0.29) is 30.8 Å². The summed E-state index contributed by atoms with van der Waals surface area (Å²) in [6.07, 6.45) is 0.115. The van der Waals surface area contributed by atoms with Crippen LogP contribution in [0.1, 0.15) is 29.3 Å². The Morgan fingerprint density at radius 1 is 1.29 bits per heavy atom. The van der Waals surface area contributed by atoms with E-state index in [0.717, 1.165) is 0 Å². The molecule has 0 bridgehead atoms. The van der Waals surface area contributed by atoms with Crippen LogP contribution in [0.15, 0.2) is 18.2 Å². The molecule has 0 saturated carbocycles. The van der Waals surface area contributed by atoms with Crippen molar-refractivity contribution >= 4 is 11.9 Å². The lowest BCUT2D eigenvalue weighted by Crippen LogP contribution is -2.10. The summed E-state index contributed by atoms with van der Waals surface area (Å²) in [5.74, 6) is -1.14. The van der Waals surface area contributed by atoms with Crippen LogP contribution < -0.4 is 4.74 Å². The number of hydrogen-bond donors (Lipinski definition) is 0. The van der Waals surface area contributed by atoms with E-state index >= 15 is 0 Å². The molecule has 0 radical (unpaired) electrons. The Morgan fingerprint density at radius 3 is 2.57 bits per heavy atom. The van der Waals surface area contributed by atoms with Gasteiger partial charge in [0.1, 0.15) is 5.75 Å². The Bertz CT molecular complexity index is 502. The van der Waals surface area contributed by atoms with Gasteiger partial charge in [-0.2, -0.15) is 8.78 Å². The molecule has 0 aliphatic rings. The molecule has 0 unspecified atom stereocenters. The predicted molar refractivity (Wildman–Crippen MR) is 69.4 cm³/mol. The minimum atomic E-state index is -2.99. The lowest BCUT2D eigenvalue weighted by molar-refractivity contribution is -0.143. The fraction of sp³-hybridized carbons (Fsp3) is 0.429. The van der Waals surface area contributed by atoms with Crippen molar-refractivity contribution in [3.05, 3.63) is 29.3 Å². The lowest BCUT2D eigenvalue weighted by atomic mass is 10.0. The highest BCUT2D eigenvalue weighted by Crippen LogP contribution is 2.24. The van der Waals surface area contributed by atoms with Gasteiger partial charge in [-0.3, -0.25) is 4.79 Å². The third-order valence-electron chi connectivity index (χ3n) is 2.60. The van der Waals surface area contributed by atoms with E-state index in [1.807, 2.05) is 0 Å². The maximum Gasteiger partial charge on any atom is 0.387 e. The molecular formula is C14H16F2O5. The van der Waals surface area contributed by atoms with Crippen LogP contribution in [0.25, 0.3) is 0 Å². The highest BCUT2D eigenvalue weighted by Gasteiger charge is 2.15. The van der Waals surface area contributed by atoms with Gasteiger partial charge in [-0.1, -0.05) is 0 Å². The van der Waals surface area contributed by atoms with Crippen molar-refractivity contribution < 1.29 is 32.6 Å². The van der Waals surface area contributed by atoms with E-state index in [9.17, 15) is 18.4 Å². The molecule has 0 aliphatic carbocycles. The van der Waals surface area contributed by atoms with Crippen LogP contribution >= 0.6 is 0 Å². The monoisotopic (exact) mass is 302 g/mol. The van der Waals surface area contributed by atoms with E-state index < -0.39 is 18.6 Å². The first-order chi connectivity index (χ1) is 9.97. The van der Waals surface area contributed by atoms with Gasteiger partial charge in [-0.05, 0) is 37.1 Å². The molecule has 0 amide bonds. The summed E-state index contributed by atoms with van der Waals surface area (Å²) in [5, 5.41) is 0. The van der Waals surface area contributed by atoms with Crippen LogP contribution in [-0.2, 0) is 20.7 Å². The summed E-state index contributed by atoms with van der Waals surface area (Å²) in [5.41, 5.74) is 0.504. The molecule has 1 aromatic carbocycles. The molecule has 116 valence electrons. The van der Waals surface area contributed by atoms with E-state index in [1.54, 1.807) is 6.92 Å². The van der Waals surface area contributed by atoms with Crippen LogP contribution in [0.3, 0.4) is 0 Å². The smallest absolute Gasteiger partial charge is 0.387 e. The normalized spacial score (nSPS) is 10.3. The van der Waals surface area contributed by atoms with Crippen LogP contribution in [0.2, 0.25) is 0 Å². The maximum atomic E-state index is 12.3. The first kappa shape index (κ1) is 16.9. The van der Waals surface area contributed by atoms with Gasteiger partial charge in [0.05, 0.1) is 19.3 Å². The summed E-state index contributed by atoms with van der Waals surface area (Å²) in [7, 11) is 1.21. The number of alkyl halides is 2. The SMILES string of the molecule is CCOC(=O)CCc1cc(C(=O)OC)ccc1OC(F)F. The Kier molecular flexibility index (Phi) is 6.58. The minimum absolute atomic E-state index is 0.00192. The molecule has 0 N–H and O–H groups in total. The Balaban J connectivity index is 2.93. The fourth-order valence-corrected chi connectivity index (χ4v) is 1.70. The van der Waals surface area contributed by atoms with E-state index in [2.05, 4.69) is 9.47 Å². The topological polar surface area (TPSA) is 61.8 Å². The number of carbonyl (C=O) groups is 2. The van der Waals surface area contributed by atoms with E-state index in [0.29, 0.717) is 5.56 Å². The van der Waals surface area contributed by atoms with Gasteiger partial charge in [0.25, 0.3) is 0 Å². The van der Waals surface area contributed by atoms with Crippen molar-refractivity contribution in [3.63, 3.8) is 0 Å². The first-order valence-electron chi connectivity index (χ1n) is 6.29. The van der Waals surface area contributed by atoms with Crippen LogP contribution in [0, 0.1) is 0 Å². The molecule has 7 heteroatoms. The predicted octanol–water partition coefficient (Wildman–Crippen LogP) is 2.57. The van der Waals surface area contributed by atoms with E-state index in [1.165, 1.54) is 25.3 Å². The van der Waals surface area contributed by atoms with Gasteiger partial charge >= 0.3 is 18.6 Å². The van der Waals surface area contributed by atoms with Crippen molar-refractivity contribution in [1.29, 1.82) is 0 Å². The Hall–Kier alpha value is -2.18. The summed E-state index contributed by atoms with van der Waals surface area (Å²) in [6, 6.07) is 3.93. The quantitative estimate of drug-likeness (QED) is 0.724. The fourth-order valence-electron chi connectivity index (χ4n) is 1.70. The van der Waals surface area contributed by atoms with Gasteiger partial charge in [-0.25, -0.2) is 4.79 Å². The number of aryl methyl sites for hydroxylation is 1. The molecule has 0 heterocycles. The molecule has 21 heavy (non-hydrogen) atoms. The summed E-state index contributed by atoms with van der Waals surface area (Å²) >= 11 is 0. The highest BCUT2D eigenvalue weighted by molar-refractivity contribution is 5.89. The van der Waals surface area contributed by atoms with Crippen molar-refractivity contribution in [2.75, 3.05) is 13.7 Å². The number of ether oxygens (including phenoxy) is 3. The second-order valence-corrected chi connectivity index (χ2v) is 4.00. The first-order valence-corrected chi connectivity index (χ1v) is 6.29. The largest absolute Gasteiger partial charge is 0.466 e. The molecule has 0 fully saturated rings. The van der Waals surface area contributed by atoms with Crippen molar-refractivity contribution in [2.24, 2.45) is 0 Å². The van der Waals surface area contributed by atoms with Gasteiger partial charge < -0.3 is 14.2 Å². The number of carbonyl (C=O) groups excluding carboxylic acids is 2. The van der Waals surface area contributed by atoms with Crippen LogP contribution in [0.4, 0.5) is 8.78 Å². The van der Waals surface area contributed by atoms with E-state index in [4.69, 9.17) is 4.74 Å². The molecule has 5 nitrogen and oxygen atoms in total. The molecule has 0 atom stereocenters. The minimum Gasteiger partial charge on any atom is -0.466 e. The molecule has 1 aromatic rings. The average molecular weight is 302 g/mol. The van der Waals surface area contributed by atoms with Crippen molar-refractivity contribution in [3.8, 4) is 5.75 Å². The maximum absolute atomic E-state index is 12.3. The summed E-state index contributed by atoms with van der Waals surface area (Å²) in [4.78, 5) is 22.8. The standard InChI is InChI=1S/C14H16F2O5/c1-3-20-12(17)7-5-9-8-10(13(18)19-2)4-6-11(9)21-14(15)16/h4,6,8,14H,3,5,7H2,1-2H3. The van der Waals surface area contributed by atoms with Crippen LogP contribution in [0.5, 0.6) is 5.75 Å². The number of halogens is 2.